The highest BCUT2D eigenvalue weighted by molar-refractivity contribution is 6.06. The van der Waals surface area contributed by atoms with Gasteiger partial charge in [-0.15, -0.1) is 0 Å². The Morgan fingerprint density at radius 3 is 2.28 bits per heavy atom. The van der Waals surface area contributed by atoms with Crippen molar-refractivity contribution in [2.24, 2.45) is 17.8 Å². The quantitative estimate of drug-likeness (QED) is 0.566. The number of anilines is 1. The molecule has 5 rings (SSSR count). The number of amides is 3. The van der Waals surface area contributed by atoms with Crippen molar-refractivity contribution in [3.8, 4) is 0 Å². The van der Waals surface area contributed by atoms with Crippen molar-refractivity contribution in [2.75, 3.05) is 31.6 Å². The van der Waals surface area contributed by atoms with Crippen LogP contribution < -0.4 is 4.90 Å². The maximum absolute atomic E-state index is 14.8. The van der Waals surface area contributed by atoms with Crippen LogP contribution in [0.25, 0.3) is 0 Å². The van der Waals surface area contributed by atoms with Gasteiger partial charge in [0.25, 0.3) is 5.91 Å². The Balaban J connectivity index is 1.73. The summed E-state index contributed by atoms with van der Waals surface area (Å²) in [6, 6.07) is 4.34. The first-order valence-electron chi connectivity index (χ1n) is 14.1. The second-order valence-corrected chi connectivity index (χ2v) is 12.0. The number of para-hydroxylation sites is 1. The standard InChI is InChI=1S/C31H41N3O5/c1-7-30-13-9-15-32(6)27(36)23(30)24-28(37)34(22(18-35)17-19(2)3)26-29(38)33(16-10-14-31(24,26)39-30)25-20(4)11-8-12-21(25)5/h8-14,19,22-24,26,35H,7,15-18H2,1-6H3/t22-,23+,24+,26?,30-,31+/m1/s1. The van der Waals surface area contributed by atoms with E-state index in [0.717, 1.165) is 16.8 Å². The second-order valence-electron chi connectivity index (χ2n) is 12.0. The Morgan fingerprint density at radius 2 is 1.67 bits per heavy atom. The molecule has 210 valence electrons. The van der Waals surface area contributed by atoms with E-state index in [1.165, 1.54) is 0 Å². The highest BCUT2D eigenvalue weighted by Gasteiger charge is 2.75. The summed E-state index contributed by atoms with van der Waals surface area (Å²) >= 11 is 0. The Bertz CT molecular complexity index is 1220. The second kappa shape index (κ2) is 9.89. The number of nitrogens with zero attached hydrogens (tertiary/aromatic N) is 3. The average Bonchev–Trinajstić information content (AvgIpc) is 3.20. The molecule has 39 heavy (non-hydrogen) atoms. The Hall–Kier alpha value is -2.97. The summed E-state index contributed by atoms with van der Waals surface area (Å²) in [4.78, 5) is 48.2. The summed E-state index contributed by atoms with van der Waals surface area (Å²) in [6.45, 7) is 10.5. The topological polar surface area (TPSA) is 90.4 Å². The smallest absolute Gasteiger partial charge is 0.253 e. The van der Waals surface area contributed by atoms with Crippen molar-refractivity contribution >= 4 is 23.4 Å². The summed E-state index contributed by atoms with van der Waals surface area (Å²) in [7, 11) is 1.74. The van der Waals surface area contributed by atoms with Gasteiger partial charge in [-0.25, -0.2) is 0 Å². The number of benzene rings is 1. The van der Waals surface area contributed by atoms with Crippen LogP contribution in [0.5, 0.6) is 0 Å². The Labute approximate surface area is 231 Å². The van der Waals surface area contributed by atoms with Gasteiger partial charge in [0, 0.05) is 25.8 Å². The first-order valence-corrected chi connectivity index (χ1v) is 14.1. The van der Waals surface area contributed by atoms with E-state index in [2.05, 4.69) is 0 Å². The molecule has 8 heteroatoms. The number of aryl methyl sites for hydroxylation is 2. The van der Waals surface area contributed by atoms with Crippen LogP contribution in [0, 0.1) is 31.6 Å². The van der Waals surface area contributed by atoms with Crippen LogP contribution in [0.4, 0.5) is 5.69 Å². The molecule has 1 aromatic carbocycles. The molecular formula is C31H41N3O5. The molecule has 1 unspecified atom stereocenters. The highest BCUT2D eigenvalue weighted by atomic mass is 16.5. The minimum absolute atomic E-state index is 0.154. The van der Waals surface area contributed by atoms with Crippen LogP contribution in [0.15, 0.2) is 42.5 Å². The van der Waals surface area contributed by atoms with E-state index in [1.54, 1.807) is 21.7 Å². The SMILES string of the molecule is CC[C@@]12C=CCN(C)C(=O)[C@@H]1[C@H]1C(=O)N([C@@H](CO)CC(C)C)C3C(=O)N(c4c(C)cccc4C)CC=C[C@@]31O2. The fourth-order valence-corrected chi connectivity index (χ4v) is 7.47. The van der Waals surface area contributed by atoms with Crippen molar-refractivity contribution in [3.63, 3.8) is 0 Å². The minimum Gasteiger partial charge on any atom is -0.394 e. The summed E-state index contributed by atoms with van der Waals surface area (Å²) < 4.78 is 7.00. The van der Waals surface area contributed by atoms with Crippen molar-refractivity contribution < 1.29 is 24.2 Å². The van der Waals surface area contributed by atoms with Crippen molar-refractivity contribution in [1.82, 2.24) is 9.80 Å². The van der Waals surface area contributed by atoms with Gasteiger partial charge in [-0.1, -0.05) is 63.3 Å². The number of carbonyl (C=O) groups is 3. The fourth-order valence-electron chi connectivity index (χ4n) is 7.47. The van der Waals surface area contributed by atoms with Crippen LogP contribution in [0.2, 0.25) is 0 Å². The van der Waals surface area contributed by atoms with E-state index < -0.39 is 35.1 Å². The molecule has 0 radical (unpaired) electrons. The van der Waals surface area contributed by atoms with E-state index in [4.69, 9.17) is 4.74 Å². The normalized spacial score (nSPS) is 32.9. The molecule has 1 aromatic rings. The van der Waals surface area contributed by atoms with Gasteiger partial charge < -0.3 is 24.5 Å². The first-order chi connectivity index (χ1) is 18.5. The molecule has 0 saturated carbocycles. The zero-order valence-corrected chi connectivity index (χ0v) is 23.9. The van der Waals surface area contributed by atoms with Crippen molar-refractivity contribution in [2.45, 2.75) is 70.7 Å². The summed E-state index contributed by atoms with van der Waals surface area (Å²) in [6.07, 6.45) is 8.67. The maximum Gasteiger partial charge on any atom is 0.253 e. The van der Waals surface area contributed by atoms with Gasteiger partial charge >= 0.3 is 0 Å². The maximum atomic E-state index is 14.8. The summed E-state index contributed by atoms with van der Waals surface area (Å²) in [5.41, 5.74) is 0.407. The zero-order valence-electron chi connectivity index (χ0n) is 23.9. The first kappa shape index (κ1) is 27.6. The number of aliphatic hydroxyl groups is 1. The van der Waals surface area contributed by atoms with Crippen molar-refractivity contribution in [3.05, 3.63) is 53.6 Å². The molecule has 3 amide bonds. The molecule has 1 spiro atoms. The van der Waals surface area contributed by atoms with E-state index in [0.29, 0.717) is 25.9 Å². The lowest BCUT2D eigenvalue weighted by atomic mass is 9.73. The summed E-state index contributed by atoms with van der Waals surface area (Å²) in [5, 5.41) is 10.5. The monoisotopic (exact) mass is 535 g/mol. The average molecular weight is 536 g/mol. The number of rotatable bonds is 6. The number of aliphatic hydroxyl groups excluding tert-OH is 1. The van der Waals surface area contributed by atoms with Crippen LogP contribution in [0.3, 0.4) is 0 Å². The number of ether oxygens (including phenoxy) is 1. The van der Waals surface area contributed by atoms with Gasteiger partial charge in [0.15, 0.2) is 0 Å². The molecule has 0 aromatic heterocycles. The van der Waals surface area contributed by atoms with Gasteiger partial charge in [-0.3, -0.25) is 14.4 Å². The number of carbonyl (C=O) groups excluding carboxylic acids is 3. The third-order valence-electron chi connectivity index (χ3n) is 9.14. The zero-order chi connectivity index (χ0) is 28.3. The highest BCUT2D eigenvalue weighted by Crippen LogP contribution is 2.59. The predicted molar refractivity (Wildman–Crippen MR) is 149 cm³/mol. The lowest BCUT2D eigenvalue weighted by molar-refractivity contribution is -0.152. The molecule has 6 atom stereocenters. The lowest BCUT2D eigenvalue weighted by Crippen LogP contribution is -2.59. The molecule has 4 aliphatic heterocycles. The molecule has 0 bridgehead atoms. The van der Waals surface area contributed by atoms with E-state index in [-0.39, 0.29) is 30.2 Å². The number of hydrogen-bond donors (Lipinski definition) is 1. The van der Waals surface area contributed by atoms with E-state index >= 15 is 0 Å². The Kier molecular flexibility index (Phi) is 7.00. The fraction of sp³-hybridized carbons (Fsp3) is 0.581. The Morgan fingerprint density at radius 1 is 1.00 bits per heavy atom. The molecule has 0 aliphatic carbocycles. The molecule has 4 heterocycles. The predicted octanol–water partition coefficient (Wildman–Crippen LogP) is 3.00. The lowest BCUT2D eigenvalue weighted by Gasteiger charge is -2.41. The largest absolute Gasteiger partial charge is 0.394 e. The van der Waals surface area contributed by atoms with Crippen LogP contribution in [0.1, 0.15) is 44.7 Å². The van der Waals surface area contributed by atoms with Gasteiger partial charge in [-0.2, -0.15) is 0 Å². The van der Waals surface area contributed by atoms with Gasteiger partial charge in [0.1, 0.15) is 11.6 Å². The molecule has 2 saturated heterocycles. The van der Waals surface area contributed by atoms with E-state index in [1.807, 2.05) is 77.1 Å². The number of hydrogen-bond acceptors (Lipinski definition) is 5. The molecule has 4 aliphatic rings. The third-order valence-corrected chi connectivity index (χ3v) is 9.14. The van der Waals surface area contributed by atoms with Gasteiger partial charge in [0.05, 0.1) is 30.1 Å². The number of fused-ring (bicyclic) bond motifs is 2. The molecular weight excluding hydrogens is 494 g/mol. The van der Waals surface area contributed by atoms with Crippen LogP contribution in [-0.2, 0) is 19.1 Å². The molecule has 1 N–H and O–H groups in total. The van der Waals surface area contributed by atoms with Gasteiger partial charge in [0.2, 0.25) is 11.8 Å². The summed E-state index contributed by atoms with van der Waals surface area (Å²) in [5.74, 6) is -2.16. The van der Waals surface area contributed by atoms with Crippen molar-refractivity contribution in [1.29, 1.82) is 0 Å². The molecule has 8 nitrogen and oxygen atoms in total. The van der Waals surface area contributed by atoms with Gasteiger partial charge in [-0.05, 0) is 43.7 Å². The molecule has 2 fully saturated rings. The van der Waals surface area contributed by atoms with Crippen LogP contribution in [-0.4, -0.2) is 82.7 Å². The minimum atomic E-state index is -1.33. The third kappa shape index (κ3) is 3.98. The van der Waals surface area contributed by atoms with Crippen LogP contribution >= 0.6 is 0 Å². The number of likely N-dealkylation sites (N-methyl/N-ethyl adjacent to an activating group) is 1. The van der Waals surface area contributed by atoms with E-state index in [9.17, 15) is 19.5 Å². The number of likely N-dealkylation sites (tertiary alicyclic amines) is 1.